The second-order valence-electron chi connectivity index (χ2n) is 6.12. The Morgan fingerprint density at radius 3 is 2.79 bits per heavy atom. The minimum Gasteiger partial charge on any atom is -0.489 e. The van der Waals surface area contributed by atoms with Crippen molar-refractivity contribution in [3.05, 3.63) is 88.1 Å². The third kappa shape index (κ3) is 4.65. The lowest BCUT2D eigenvalue weighted by molar-refractivity contribution is 0.306. The molecule has 1 N–H and O–H groups in total. The molecule has 140 valence electrons. The summed E-state index contributed by atoms with van der Waals surface area (Å²) in [5.74, 6) is 0.817. The van der Waals surface area contributed by atoms with Gasteiger partial charge in [0.05, 0.1) is 16.8 Å². The van der Waals surface area contributed by atoms with Crippen LogP contribution in [0.3, 0.4) is 0 Å². The van der Waals surface area contributed by atoms with Crippen LogP contribution in [0.4, 0.5) is 5.13 Å². The second-order valence-corrected chi connectivity index (χ2v) is 8.27. The molecule has 28 heavy (non-hydrogen) atoms. The van der Waals surface area contributed by atoms with E-state index in [-0.39, 0.29) is 0 Å². The van der Waals surface area contributed by atoms with Crippen LogP contribution in [-0.2, 0) is 6.61 Å². The van der Waals surface area contributed by atoms with Gasteiger partial charge in [-0.25, -0.2) is 4.98 Å². The number of thiazole rings is 1. The van der Waals surface area contributed by atoms with Gasteiger partial charge in [-0.15, -0.1) is 22.7 Å². The number of hydrazone groups is 1. The molecular formula is C22H19N3OS2. The average molecular weight is 406 g/mol. The number of nitrogens with one attached hydrogen (secondary N) is 1. The second kappa shape index (κ2) is 8.82. The van der Waals surface area contributed by atoms with Crippen molar-refractivity contribution >= 4 is 34.0 Å². The van der Waals surface area contributed by atoms with E-state index in [9.17, 15) is 0 Å². The van der Waals surface area contributed by atoms with Crippen LogP contribution in [-0.4, -0.2) is 11.2 Å². The molecule has 4 nitrogen and oxygen atoms in total. The highest BCUT2D eigenvalue weighted by molar-refractivity contribution is 7.17. The molecule has 0 atom stereocenters. The van der Waals surface area contributed by atoms with Gasteiger partial charge in [0.25, 0.3) is 0 Å². The van der Waals surface area contributed by atoms with E-state index in [1.165, 1.54) is 9.75 Å². The van der Waals surface area contributed by atoms with Crippen molar-refractivity contribution in [2.45, 2.75) is 13.5 Å². The summed E-state index contributed by atoms with van der Waals surface area (Å²) in [5.41, 5.74) is 6.16. The number of anilines is 1. The number of benzene rings is 2. The maximum Gasteiger partial charge on any atom is 0.204 e. The van der Waals surface area contributed by atoms with Crippen LogP contribution in [0.15, 0.2) is 77.2 Å². The maximum atomic E-state index is 5.87. The first-order valence-corrected chi connectivity index (χ1v) is 10.5. The monoisotopic (exact) mass is 405 g/mol. The topological polar surface area (TPSA) is 46.5 Å². The van der Waals surface area contributed by atoms with Gasteiger partial charge in [0.1, 0.15) is 12.4 Å². The summed E-state index contributed by atoms with van der Waals surface area (Å²) in [6.07, 6.45) is 1.77. The molecule has 0 unspecified atom stereocenters. The number of nitrogens with zero attached hydrogens (tertiary/aromatic N) is 2. The van der Waals surface area contributed by atoms with E-state index in [1.807, 2.05) is 48.5 Å². The van der Waals surface area contributed by atoms with Crippen LogP contribution in [0.1, 0.15) is 16.0 Å². The largest absolute Gasteiger partial charge is 0.489 e. The van der Waals surface area contributed by atoms with Crippen molar-refractivity contribution in [1.82, 2.24) is 4.98 Å². The van der Waals surface area contributed by atoms with Crippen molar-refractivity contribution < 1.29 is 4.74 Å². The van der Waals surface area contributed by atoms with Crippen LogP contribution in [0.5, 0.6) is 5.75 Å². The molecule has 0 spiro atoms. The minimum atomic E-state index is 0.545. The Balaban J connectivity index is 1.38. The van der Waals surface area contributed by atoms with Crippen molar-refractivity contribution in [3.8, 4) is 16.3 Å². The van der Waals surface area contributed by atoms with Crippen LogP contribution in [0, 0.1) is 6.92 Å². The molecule has 6 heteroatoms. The Morgan fingerprint density at radius 1 is 1.07 bits per heavy atom. The molecule has 2 heterocycles. The number of ether oxygens (including phenoxy) is 1. The summed E-state index contributed by atoms with van der Waals surface area (Å²) in [7, 11) is 0. The molecule has 2 aromatic carbocycles. The van der Waals surface area contributed by atoms with Gasteiger partial charge in [-0.1, -0.05) is 48.5 Å². The zero-order valence-electron chi connectivity index (χ0n) is 15.3. The Kier molecular flexibility index (Phi) is 5.80. The number of thiophene rings is 1. The fraction of sp³-hybridized carbons (Fsp3) is 0.0909. The highest BCUT2D eigenvalue weighted by Gasteiger charge is 2.09. The molecule has 0 aliphatic carbocycles. The lowest BCUT2D eigenvalue weighted by atomic mass is 10.2. The molecule has 0 aliphatic rings. The fourth-order valence-corrected chi connectivity index (χ4v) is 4.29. The third-order valence-electron chi connectivity index (χ3n) is 4.03. The van der Waals surface area contributed by atoms with Gasteiger partial charge in [0.15, 0.2) is 0 Å². The molecule has 0 fully saturated rings. The van der Waals surface area contributed by atoms with E-state index in [4.69, 9.17) is 4.74 Å². The third-order valence-corrected chi connectivity index (χ3v) is 5.78. The predicted octanol–water partition coefficient (Wildman–Crippen LogP) is 6.21. The average Bonchev–Trinajstić information content (AvgIpc) is 3.37. The molecule has 0 radical (unpaired) electrons. The normalized spacial score (nSPS) is 11.0. The molecule has 0 amide bonds. The number of hydrogen-bond donors (Lipinski definition) is 1. The minimum absolute atomic E-state index is 0.545. The Morgan fingerprint density at radius 2 is 1.96 bits per heavy atom. The van der Waals surface area contributed by atoms with Crippen molar-refractivity contribution in [2.75, 3.05) is 5.43 Å². The van der Waals surface area contributed by atoms with E-state index in [1.54, 1.807) is 28.9 Å². The van der Waals surface area contributed by atoms with E-state index >= 15 is 0 Å². The molecule has 0 saturated heterocycles. The molecule has 0 bridgehead atoms. The molecule has 0 aliphatic heterocycles. The van der Waals surface area contributed by atoms with Crippen LogP contribution >= 0.6 is 22.7 Å². The standard InChI is InChI=1S/C22H19N3OS2/c1-16-21(20-11-6-12-27-20)24-22(28-16)25-23-14-18-9-5-10-19(13-18)26-15-17-7-3-2-4-8-17/h2-14H,15H2,1H3,(H,24,25)/b23-14-. The summed E-state index contributed by atoms with van der Waals surface area (Å²) in [4.78, 5) is 7.00. The Bertz CT molecular complexity index is 1060. The summed E-state index contributed by atoms with van der Waals surface area (Å²) < 4.78 is 5.87. The molecule has 4 aromatic rings. The van der Waals surface area contributed by atoms with Gasteiger partial charge in [0, 0.05) is 4.88 Å². The van der Waals surface area contributed by atoms with Gasteiger partial charge < -0.3 is 4.74 Å². The summed E-state index contributed by atoms with van der Waals surface area (Å²) in [5, 5.41) is 7.18. The van der Waals surface area contributed by atoms with Crippen LogP contribution in [0.2, 0.25) is 0 Å². The number of hydrogen-bond acceptors (Lipinski definition) is 6. The summed E-state index contributed by atoms with van der Waals surface area (Å²) in [6, 6.07) is 22.1. The first-order chi connectivity index (χ1) is 13.8. The summed E-state index contributed by atoms with van der Waals surface area (Å²) >= 11 is 3.30. The molecule has 0 saturated carbocycles. The highest BCUT2D eigenvalue weighted by Crippen LogP contribution is 2.32. The van der Waals surface area contributed by atoms with E-state index in [0.29, 0.717) is 6.61 Å². The quantitative estimate of drug-likeness (QED) is 0.294. The Hall–Kier alpha value is -2.96. The number of rotatable bonds is 7. The van der Waals surface area contributed by atoms with Crippen molar-refractivity contribution in [2.24, 2.45) is 5.10 Å². The SMILES string of the molecule is Cc1sc(N/N=C\c2cccc(OCc3ccccc3)c2)nc1-c1cccs1. The zero-order valence-corrected chi connectivity index (χ0v) is 17.0. The van der Waals surface area contributed by atoms with Crippen LogP contribution in [0.25, 0.3) is 10.6 Å². The molecular weight excluding hydrogens is 386 g/mol. The van der Waals surface area contributed by atoms with Gasteiger partial charge in [0.2, 0.25) is 5.13 Å². The fourth-order valence-electron chi connectivity index (χ4n) is 2.67. The number of aryl methyl sites for hydroxylation is 1. The van der Waals surface area contributed by atoms with Gasteiger partial charge in [-0.3, -0.25) is 5.43 Å². The van der Waals surface area contributed by atoms with E-state index in [2.05, 4.69) is 46.0 Å². The van der Waals surface area contributed by atoms with E-state index < -0.39 is 0 Å². The lowest BCUT2D eigenvalue weighted by Gasteiger charge is -2.06. The first-order valence-electron chi connectivity index (χ1n) is 8.85. The predicted molar refractivity (Wildman–Crippen MR) is 119 cm³/mol. The van der Waals surface area contributed by atoms with Gasteiger partial charge >= 0.3 is 0 Å². The lowest BCUT2D eigenvalue weighted by Crippen LogP contribution is -1.96. The van der Waals surface area contributed by atoms with Crippen molar-refractivity contribution in [1.29, 1.82) is 0 Å². The van der Waals surface area contributed by atoms with Crippen molar-refractivity contribution in [3.63, 3.8) is 0 Å². The number of aromatic nitrogens is 1. The van der Waals surface area contributed by atoms with Gasteiger partial charge in [-0.2, -0.15) is 5.10 Å². The van der Waals surface area contributed by atoms with E-state index in [0.717, 1.165) is 27.7 Å². The molecule has 2 aromatic heterocycles. The van der Waals surface area contributed by atoms with Crippen LogP contribution < -0.4 is 10.2 Å². The summed E-state index contributed by atoms with van der Waals surface area (Å²) in [6.45, 7) is 2.62. The smallest absolute Gasteiger partial charge is 0.204 e. The molecule has 4 rings (SSSR count). The maximum absolute atomic E-state index is 5.87. The van der Waals surface area contributed by atoms with Gasteiger partial charge in [-0.05, 0) is 41.6 Å². The Labute approximate surface area is 172 Å². The highest BCUT2D eigenvalue weighted by atomic mass is 32.1. The first kappa shape index (κ1) is 18.4. The zero-order chi connectivity index (χ0) is 19.2.